The molecule has 1 unspecified atom stereocenters. The number of carbonyl (C=O) groups excluding carboxylic acids is 1. The highest BCUT2D eigenvalue weighted by atomic mass is 19.1. The molecule has 0 aliphatic heterocycles. The first kappa shape index (κ1) is 21.1. The second-order valence-corrected chi connectivity index (χ2v) is 9.09. The molecular weight excluding hydrogens is 399 g/mol. The molecule has 2 heterocycles. The minimum atomic E-state index is -0.426. The van der Waals surface area contributed by atoms with Crippen LogP contribution in [0.4, 0.5) is 10.1 Å². The second-order valence-electron chi connectivity index (χ2n) is 9.09. The van der Waals surface area contributed by atoms with Gasteiger partial charge in [0.2, 0.25) is 0 Å². The number of anilines is 1. The highest BCUT2D eigenvalue weighted by Crippen LogP contribution is 2.38. The molecule has 164 valence electrons. The molecule has 0 saturated heterocycles. The lowest BCUT2D eigenvalue weighted by atomic mass is 9.71. The summed E-state index contributed by atoms with van der Waals surface area (Å²) in [7, 11) is 1.43. The van der Waals surface area contributed by atoms with E-state index in [0.29, 0.717) is 23.8 Å². The SMILES string of the molecule is COc1ccc(Cn2cc(NC(=O)c3noc4c3CC(C(C)(C)C)CC4)cn2)cc1F. The molecule has 31 heavy (non-hydrogen) atoms. The van der Waals surface area contributed by atoms with Crippen LogP contribution in [0.25, 0.3) is 0 Å². The van der Waals surface area contributed by atoms with E-state index in [2.05, 4.69) is 36.3 Å². The van der Waals surface area contributed by atoms with Crippen LogP contribution in [0.1, 0.15) is 54.6 Å². The van der Waals surface area contributed by atoms with Crippen LogP contribution in [0, 0.1) is 17.2 Å². The number of aromatic nitrogens is 3. The van der Waals surface area contributed by atoms with Crippen LogP contribution in [-0.4, -0.2) is 28.0 Å². The minimum Gasteiger partial charge on any atom is -0.494 e. The van der Waals surface area contributed by atoms with E-state index in [1.807, 2.05) is 0 Å². The molecule has 1 atom stereocenters. The number of halogens is 1. The van der Waals surface area contributed by atoms with Crippen molar-refractivity contribution in [3.05, 3.63) is 59.0 Å². The Bertz CT molecular complexity index is 1100. The van der Waals surface area contributed by atoms with Gasteiger partial charge in [0.1, 0.15) is 5.76 Å². The fourth-order valence-electron chi connectivity index (χ4n) is 4.02. The van der Waals surface area contributed by atoms with Crippen LogP contribution in [0.2, 0.25) is 0 Å². The van der Waals surface area contributed by atoms with Crippen LogP contribution in [0.15, 0.2) is 35.1 Å². The molecule has 0 fully saturated rings. The average Bonchev–Trinajstić information content (AvgIpc) is 3.33. The van der Waals surface area contributed by atoms with E-state index in [1.165, 1.54) is 13.2 Å². The maximum absolute atomic E-state index is 13.9. The molecule has 8 heteroatoms. The van der Waals surface area contributed by atoms with Gasteiger partial charge in [0.05, 0.1) is 25.5 Å². The van der Waals surface area contributed by atoms with Crippen LogP contribution < -0.4 is 10.1 Å². The molecule has 4 rings (SSSR count). The number of rotatable bonds is 5. The number of benzene rings is 1. The van der Waals surface area contributed by atoms with Crippen molar-refractivity contribution in [2.24, 2.45) is 11.3 Å². The maximum Gasteiger partial charge on any atom is 0.278 e. The lowest BCUT2D eigenvalue weighted by molar-refractivity contribution is 0.101. The van der Waals surface area contributed by atoms with E-state index >= 15 is 0 Å². The molecular formula is C23H27FN4O3. The quantitative estimate of drug-likeness (QED) is 0.651. The van der Waals surface area contributed by atoms with Gasteiger partial charge in [0, 0.05) is 18.2 Å². The number of aryl methyl sites for hydroxylation is 1. The van der Waals surface area contributed by atoms with Gasteiger partial charge < -0.3 is 14.6 Å². The van der Waals surface area contributed by atoms with Crippen molar-refractivity contribution in [2.45, 2.75) is 46.6 Å². The summed E-state index contributed by atoms with van der Waals surface area (Å²) in [5, 5.41) is 11.1. The number of methoxy groups -OCH3 is 1. The van der Waals surface area contributed by atoms with Crippen molar-refractivity contribution < 1.29 is 18.4 Å². The van der Waals surface area contributed by atoms with Gasteiger partial charge in [-0.2, -0.15) is 5.10 Å². The molecule has 0 spiro atoms. The molecule has 1 amide bonds. The third kappa shape index (κ3) is 4.47. The van der Waals surface area contributed by atoms with Crippen LogP contribution in [0.5, 0.6) is 5.75 Å². The van der Waals surface area contributed by atoms with E-state index in [4.69, 9.17) is 9.26 Å². The standard InChI is InChI=1S/C23H27FN4O3/c1-23(2,3)15-6-8-19-17(10-15)21(27-31-19)22(29)26-16-11-25-28(13-16)12-14-5-7-20(30-4)18(24)9-14/h5,7,9,11,13,15H,6,8,10,12H2,1-4H3,(H,26,29). The third-order valence-electron chi connectivity index (χ3n) is 5.93. The Morgan fingerprint density at radius 3 is 2.90 bits per heavy atom. The third-order valence-corrected chi connectivity index (χ3v) is 5.93. The summed E-state index contributed by atoms with van der Waals surface area (Å²) >= 11 is 0. The Morgan fingerprint density at radius 2 is 2.19 bits per heavy atom. The predicted molar refractivity (Wildman–Crippen MR) is 114 cm³/mol. The molecule has 1 aliphatic carbocycles. The number of carbonyl (C=O) groups is 1. The largest absolute Gasteiger partial charge is 0.494 e. The zero-order chi connectivity index (χ0) is 22.2. The van der Waals surface area contributed by atoms with Gasteiger partial charge in [0.15, 0.2) is 17.3 Å². The highest BCUT2D eigenvalue weighted by Gasteiger charge is 2.34. The monoisotopic (exact) mass is 426 g/mol. The number of hydrogen-bond donors (Lipinski definition) is 1. The molecule has 0 bridgehead atoms. The van der Waals surface area contributed by atoms with Gasteiger partial charge in [-0.1, -0.05) is 32.0 Å². The summed E-state index contributed by atoms with van der Waals surface area (Å²) < 4.78 is 25.9. The van der Waals surface area contributed by atoms with Crippen LogP contribution in [-0.2, 0) is 19.4 Å². The van der Waals surface area contributed by atoms with Gasteiger partial charge in [-0.05, 0) is 41.9 Å². The first-order chi connectivity index (χ1) is 14.7. The van der Waals surface area contributed by atoms with Crippen molar-refractivity contribution in [3.63, 3.8) is 0 Å². The molecule has 1 N–H and O–H groups in total. The summed E-state index contributed by atoms with van der Waals surface area (Å²) in [4.78, 5) is 12.9. The zero-order valence-corrected chi connectivity index (χ0v) is 18.2. The Kier molecular flexibility index (Phi) is 5.56. The van der Waals surface area contributed by atoms with E-state index < -0.39 is 5.82 Å². The first-order valence-corrected chi connectivity index (χ1v) is 10.4. The molecule has 1 aliphatic rings. The highest BCUT2D eigenvalue weighted by molar-refractivity contribution is 6.03. The number of nitrogens with zero attached hydrogens (tertiary/aromatic N) is 3. The average molecular weight is 426 g/mol. The van der Waals surface area contributed by atoms with Crippen molar-refractivity contribution in [3.8, 4) is 5.75 Å². The summed E-state index contributed by atoms with van der Waals surface area (Å²) in [5.41, 5.74) is 2.68. The smallest absolute Gasteiger partial charge is 0.278 e. The van der Waals surface area contributed by atoms with Crippen molar-refractivity contribution in [2.75, 3.05) is 12.4 Å². The van der Waals surface area contributed by atoms with E-state index in [-0.39, 0.29) is 17.1 Å². The summed E-state index contributed by atoms with van der Waals surface area (Å²) in [5.74, 6) is 0.739. The topological polar surface area (TPSA) is 82.2 Å². The van der Waals surface area contributed by atoms with Crippen molar-refractivity contribution in [1.29, 1.82) is 0 Å². The molecule has 0 radical (unpaired) electrons. The van der Waals surface area contributed by atoms with Gasteiger partial charge in [-0.25, -0.2) is 4.39 Å². The Morgan fingerprint density at radius 1 is 1.39 bits per heavy atom. The van der Waals surface area contributed by atoms with E-state index in [0.717, 1.165) is 36.1 Å². The first-order valence-electron chi connectivity index (χ1n) is 10.4. The molecule has 0 saturated carbocycles. The molecule has 7 nitrogen and oxygen atoms in total. The second kappa shape index (κ2) is 8.17. The zero-order valence-electron chi connectivity index (χ0n) is 18.2. The summed E-state index contributed by atoms with van der Waals surface area (Å²) in [6, 6.07) is 4.76. The molecule has 2 aromatic heterocycles. The lowest BCUT2D eigenvalue weighted by Crippen LogP contribution is -2.27. The van der Waals surface area contributed by atoms with Gasteiger partial charge in [-0.15, -0.1) is 0 Å². The number of hydrogen-bond acceptors (Lipinski definition) is 5. The van der Waals surface area contributed by atoms with E-state index in [1.54, 1.807) is 29.2 Å². The number of fused-ring (bicyclic) bond motifs is 1. The van der Waals surface area contributed by atoms with Gasteiger partial charge in [0.25, 0.3) is 5.91 Å². The maximum atomic E-state index is 13.9. The number of ether oxygens (including phenoxy) is 1. The number of amides is 1. The lowest BCUT2D eigenvalue weighted by Gasteiger charge is -2.33. The van der Waals surface area contributed by atoms with E-state index in [9.17, 15) is 9.18 Å². The Labute approximate surface area is 180 Å². The molecule has 1 aromatic carbocycles. The molecule has 3 aromatic rings. The minimum absolute atomic E-state index is 0.158. The Balaban J connectivity index is 1.45. The van der Waals surface area contributed by atoms with Gasteiger partial charge in [-0.3, -0.25) is 9.48 Å². The van der Waals surface area contributed by atoms with Crippen molar-refractivity contribution in [1.82, 2.24) is 14.9 Å². The Hall–Kier alpha value is -3.16. The number of nitrogens with one attached hydrogen (secondary N) is 1. The van der Waals surface area contributed by atoms with Gasteiger partial charge >= 0.3 is 0 Å². The fourth-order valence-corrected chi connectivity index (χ4v) is 4.02. The van der Waals surface area contributed by atoms with Crippen LogP contribution in [0.3, 0.4) is 0 Å². The summed E-state index contributed by atoms with van der Waals surface area (Å²) in [6.45, 7) is 7.03. The predicted octanol–water partition coefficient (Wildman–Crippen LogP) is 4.47. The fraction of sp³-hybridized carbons (Fsp3) is 0.435. The summed E-state index contributed by atoms with van der Waals surface area (Å²) in [6.07, 6.45) is 5.87. The normalized spacial score (nSPS) is 16.1. The van der Waals surface area contributed by atoms with Crippen molar-refractivity contribution >= 4 is 11.6 Å². The van der Waals surface area contributed by atoms with Crippen LogP contribution >= 0.6 is 0 Å².